The SMILES string of the molecule is C=CCn1c(=O)c2cnc(Nc3cc4c5c(c3)CN(C)CC5(C)CCC4)nc2n1-c1ccc2c(n1)C(O)CC2. The molecule has 0 amide bonds. The minimum Gasteiger partial charge on any atom is -0.387 e. The molecule has 0 saturated carbocycles. The summed E-state index contributed by atoms with van der Waals surface area (Å²) < 4.78 is 3.28. The molecule has 1 aliphatic heterocycles. The average Bonchev–Trinajstić information content (AvgIpc) is 3.40. The third-order valence-electron chi connectivity index (χ3n) is 8.59. The maximum atomic E-state index is 13.3. The lowest BCUT2D eigenvalue weighted by Gasteiger charge is -2.45. The molecular weight excluding hydrogens is 490 g/mol. The number of fused-ring (bicyclic) bond motifs is 2. The van der Waals surface area contributed by atoms with Crippen molar-refractivity contribution in [3.63, 3.8) is 0 Å². The van der Waals surface area contributed by atoms with E-state index in [1.54, 1.807) is 21.6 Å². The molecule has 9 heteroatoms. The number of rotatable bonds is 5. The van der Waals surface area contributed by atoms with E-state index in [0.29, 0.717) is 41.5 Å². The average molecular weight is 524 g/mol. The second-order valence-electron chi connectivity index (χ2n) is 11.6. The summed E-state index contributed by atoms with van der Waals surface area (Å²) in [6, 6.07) is 8.33. The summed E-state index contributed by atoms with van der Waals surface area (Å²) >= 11 is 0. The van der Waals surface area contributed by atoms with Crippen molar-refractivity contribution in [3.8, 4) is 5.82 Å². The number of hydrogen-bond donors (Lipinski definition) is 2. The van der Waals surface area contributed by atoms with E-state index in [9.17, 15) is 9.90 Å². The molecule has 0 saturated heterocycles. The maximum Gasteiger partial charge on any atom is 0.278 e. The molecule has 2 aliphatic carbocycles. The Balaban J connectivity index is 1.33. The first-order valence-electron chi connectivity index (χ1n) is 13.7. The number of likely N-dealkylation sites (N-methyl/N-ethyl adjacent to an activating group) is 1. The molecule has 4 aromatic rings. The first kappa shape index (κ1) is 24.2. The quantitative estimate of drug-likeness (QED) is 0.382. The fourth-order valence-electron chi connectivity index (χ4n) is 7.11. The van der Waals surface area contributed by atoms with Crippen molar-refractivity contribution in [2.45, 2.75) is 63.6 Å². The van der Waals surface area contributed by atoms with Gasteiger partial charge in [0.05, 0.1) is 18.3 Å². The molecule has 39 heavy (non-hydrogen) atoms. The molecule has 200 valence electrons. The van der Waals surface area contributed by atoms with Crippen LogP contribution < -0.4 is 10.9 Å². The van der Waals surface area contributed by atoms with Gasteiger partial charge in [-0.15, -0.1) is 6.58 Å². The number of aryl methyl sites for hydroxylation is 2. The van der Waals surface area contributed by atoms with Gasteiger partial charge >= 0.3 is 0 Å². The van der Waals surface area contributed by atoms with Gasteiger partial charge in [0.15, 0.2) is 11.5 Å². The summed E-state index contributed by atoms with van der Waals surface area (Å²) in [5, 5.41) is 14.3. The number of hydrogen-bond acceptors (Lipinski definition) is 7. The topological polar surface area (TPSA) is 101 Å². The predicted molar refractivity (Wildman–Crippen MR) is 151 cm³/mol. The second-order valence-corrected chi connectivity index (χ2v) is 11.6. The van der Waals surface area contributed by atoms with Crippen LogP contribution in [-0.4, -0.2) is 47.9 Å². The molecule has 2 atom stereocenters. The monoisotopic (exact) mass is 523 g/mol. The predicted octanol–water partition coefficient (Wildman–Crippen LogP) is 3.93. The highest BCUT2D eigenvalue weighted by molar-refractivity contribution is 5.77. The first-order valence-corrected chi connectivity index (χ1v) is 13.7. The summed E-state index contributed by atoms with van der Waals surface area (Å²) in [6.45, 7) is 8.53. The Bertz CT molecular complexity index is 1700. The highest BCUT2D eigenvalue weighted by Gasteiger charge is 2.38. The van der Waals surface area contributed by atoms with Crippen LogP contribution in [0.25, 0.3) is 16.9 Å². The van der Waals surface area contributed by atoms with E-state index in [0.717, 1.165) is 37.2 Å². The fraction of sp³-hybridized carbons (Fsp3) is 0.400. The molecule has 1 aromatic carbocycles. The summed E-state index contributed by atoms with van der Waals surface area (Å²) in [6.07, 6.45) is 7.60. The van der Waals surface area contributed by atoms with Crippen LogP contribution in [-0.2, 0) is 31.3 Å². The molecule has 0 spiro atoms. The van der Waals surface area contributed by atoms with Crippen LogP contribution in [0, 0.1) is 0 Å². The van der Waals surface area contributed by atoms with Crippen molar-refractivity contribution in [3.05, 3.63) is 81.4 Å². The van der Waals surface area contributed by atoms with Crippen molar-refractivity contribution < 1.29 is 5.11 Å². The van der Waals surface area contributed by atoms with Gasteiger partial charge in [0.2, 0.25) is 5.95 Å². The minimum absolute atomic E-state index is 0.199. The molecule has 3 aliphatic rings. The van der Waals surface area contributed by atoms with Crippen LogP contribution in [0.1, 0.15) is 60.2 Å². The van der Waals surface area contributed by atoms with Gasteiger partial charge in [0, 0.05) is 30.4 Å². The number of aliphatic hydroxyl groups is 1. The maximum absolute atomic E-state index is 13.3. The van der Waals surface area contributed by atoms with Gasteiger partial charge in [0.25, 0.3) is 5.56 Å². The standard InChI is InChI=1S/C30H33N7O2/c1-4-12-36-28(39)22-15-31-29(34-27(22)37(36)24-10-8-18-7-9-23(38)26(18)33-24)32-21-13-19-6-5-11-30(2)17-35(3)16-20(14-21)25(19)30/h4,8,10,13-15,23,38H,1,5-7,9,11-12,16-17H2,2-3H3,(H,31,32,34). The van der Waals surface area contributed by atoms with Gasteiger partial charge in [-0.2, -0.15) is 4.98 Å². The summed E-state index contributed by atoms with van der Waals surface area (Å²) in [5.74, 6) is 0.955. The Kier molecular flexibility index (Phi) is 5.50. The Morgan fingerprint density at radius 1 is 1.21 bits per heavy atom. The smallest absolute Gasteiger partial charge is 0.278 e. The molecule has 4 heterocycles. The van der Waals surface area contributed by atoms with E-state index < -0.39 is 6.10 Å². The zero-order valence-electron chi connectivity index (χ0n) is 22.4. The van der Waals surface area contributed by atoms with Crippen LogP contribution in [0.5, 0.6) is 0 Å². The number of anilines is 2. The van der Waals surface area contributed by atoms with E-state index in [4.69, 9.17) is 9.97 Å². The van der Waals surface area contributed by atoms with Crippen LogP contribution in [0.3, 0.4) is 0 Å². The summed E-state index contributed by atoms with van der Waals surface area (Å²) in [4.78, 5) is 29.8. The Labute approximate surface area is 226 Å². The summed E-state index contributed by atoms with van der Waals surface area (Å²) in [5.41, 5.74) is 7.41. The van der Waals surface area contributed by atoms with Gasteiger partial charge in [-0.25, -0.2) is 19.3 Å². The van der Waals surface area contributed by atoms with Crippen molar-refractivity contribution >= 4 is 22.7 Å². The number of allylic oxidation sites excluding steroid dienone is 1. The largest absolute Gasteiger partial charge is 0.387 e. The Hall–Kier alpha value is -3.82. The third-order valence-corrected chi connectivity index (χ3v) is 8.59. The molecule has 9 nitrogen and oxygen atoms in total. The molecule has 0 fully saturated rings. The zero-order valence-corrected chi connectivity index (χ0v) is 22.4. The highest BCUT2D eigenvalue weighted by Crippen LogP contribution is 2.44. The zero-order chi connectivity index (χ0) is 26.9. The lowest BCUT2D eigenvalue weighted by Crippen LogP contribution is -2.44. The first-order chi connectivity index (χ1) is 18.8. The molecule has 0 radical (unpaired) electrons. The lowest BCUT2D eigenvalue weighted by molar-refractivity contribution is 0.175. The van der Waals surface area contributed by atoms with Gasteiger partial charge in [-0.1, -0.05) is 19.1 Å². The number of nitrogens with one attached hydrogen (secondary N) is 1. The number of benzene rings is 1. The molecule has 2 unspecified atom stereocenters. The normalized spacial score (nSPS) is 22.1. The van der Waals surface area contributed by atoms with Crippen LogP contribution in [0.2, 0.25) is 0 Å². The van der Waals surface area contributed by atoms with E-state index in [1.165, 1.54) is 29.5 Å². The van der Waals surface area contributed by atoms with Crippen molar-refractivity contribution in [1.82, 2.24) is 29.2 Å². The van der Waals surface area contributed by atoms with Crippen molar-refractivity contribution in [2.24, 2.45) is 0 Å². The second kappa shape index (κ2) is 8.86. The minimum atomic E-state index is -0.598. The number of aromatic nitrogens is 5. The molecule has 7 rings (SSSR count). The van der Waals surface area contributed by atoms with E-state index >= 15 is 0 Å². The highest BCUT2D eigenvalue weighted by atomic mass is 16.3. The molecule has 2 N–H and O–H groups in total. The number of nitrogens with zero attached hydrogens (tertiary/aromatic N) is 6. The van der Waals surface area contributed by atoms with E-state index in [-0.39, 0.29) is 11.0 Å². The number of pyridine rings is 1. The van der Waals surface area contributed by atoms with Gasteiger partial charge in [-0.3, -0.25) is 4.79 Å². The van der Waals surface area contributed by atoms with E-state index in [1.807, 2.05) is 12.1 Å². The summed E-state index contributed by atoms with van der Waals surface area (Å²) in [7, 11) is 2.19. The fourth-order valence-corrected chi connectivity index (χ4v) is 7.11. The number of aliphatic hydroxyl groups excluding tert-OH is 1. The van der Waals surface area contributed by atoms with Gasteiger partial charge < -0.3 is 15.3 Å². The molecular formula is C30H33N7O2. The van der Waals surface area contributed by atoms with Gasteiger partial charge in [-0.05, 0) is 79.6 Å². The van der Waals surface area contributed by atoms with Crippen LogP contribution in [0.4, 0.5) is 11.6 Å². The van der Waals surface area contributed by atoms with Crippen LogP contribution in [0.15, 0.2) is 47.9 Å². The van der Waals surface area contributed by atoms with E-state index in [2.05, 4.69) is 47.9 Å². The molecule has 0 bridgehead atoms. The Morgan fingerprint density at radius 3 is 2.90 bits per heavy atom. The van der Waals surface area contributed by atoms with Crippen molar-refractivity contribution in [1.29, 1.82) is 0 Å². The van der Waals surface area contributed by atoms with Crippen molar-refractivity contribution in [2.75, 3.05) is 18.9 Å². The van der Waals surface area contributed by atoms with Gasteiger partial charge in [0.1, 0.15) is 5.39 Å². The van der Waals surface area contributed by atoms with Crippen LogP contribution >= 0.6 is 0 Å². The molecule has 3 aromatic heterocycles. The lowest BCUT2D eigenvalue weighted by atomic mass is 9.67. The third kappa shape index (κ3) is 3.83. The Morgan fingerprint density at radius 2 is 2.05 bits per heavy atom.